The molecule has 166 valence electrons. The van der Waals surface area contributed by atoms with E-state index in [0.29, 0.717) is 6.42 Å². The number of carboxylic acid groups (broad SMARTS) is 1. The van der Waals surface area contributed by atoms with Crippen molar-refractivity contribution in [1.29, 1.82) is 0 Å². The number of guanidine groups is 1. The fraction of sp³-hybridized carbons (Fsp3) is 0.667. The molecule has 0 aliphatic carbocycles. The molecule has 0 spiro atoms. The number of carbonyl (C=O) groups excluding carboxylic acids is 3. The summed E-state index contributed by atoms with van der Waals surface area (Å²) in [4.78, 5) is 50.6. The molecular weight excluding hydrogens is 390 g/mol. The van der Waals surface area contributed by atoms with Gasteiger partial charge in [-0.2, -0.15) is 0 Å². The summed E-state index contributed by atoms with van der Waals surface area (Å²) in [5, 5.41) is 34.2. The lowest BCUT2D eigenvalue weighted by Crippen LogP contribution is -2.57. The highest BCUT2D eigenvalue weighted by molar-refractivity contribution is 5.92. The molecule has 14 heteroatoms. The minimum absolute atomic E-state index is 0.0528. The highest BCUT2D eigenvalue weighted by Gasteiger charge is 2.28. The van der Waals surface area contributed by atoms with E-state index in [4.69, 9.17) is 27.4 Å². The zero-order chi connectivity index (χ0) is 22.6. The minimum Gasteiger partial charge on any atom is -0.480 e. The van der Waals surface area contributed by atoms with Crippen LogP contribution >= 0.6 is 0 Å². The maximum Gasteiger partial charge on any atom is 0.326 e. The van der Waals surface area contributed by atoms with Crippen molar-refractivity contribution in [3.05, 3.63) is 0 Å². The molecule has 0 aliphatic rings. The number of rotatable bonds is 13. The first-order chi connectivity index (χ1) is 13.5. The summed E-state index contributed by atoms with van der Waals surface area (Å²) in [7, 11) is 0. The number of carboxylic acids is 1. The highest BCUT2D eigenvalue weighted by Crippen LogP contribution is 1.99. The fourth-order valence-corrected chi connectivity index (χ4v) is 2.03. The molecule has 4 atom stereocenters. The predicted octanol–water partition coefficient (Wildman–Crippen LogP) is -5.09. The quantitative estimate of drug-likeness (QED) is 0.0779. The number of hydrogen-bond acceptors (Lipinski definition) is 8. The van der Waals surface area contributed by atoms with Crippen LogP contribution in [0.2, 0.25) is 0 Å². The van der Waals surface area contributed by atoms with Crippen LogP contribution in [0, 0.1) is 0 Å². The van der Waals surface area contributed by atoms with Crippen LogP contribution in [0.1, 0.15) is 19.8 Å². The molecular formula is C15H29N7O7. The average molecular weight is 419 g/mol. The molecule has 0 aromatic rings. The largest absolute Gasteiger partial charge is 0.480 e. The maximum absolute atomic E-state index is 12.1. The number of nitrogens with one attached hydrogen (secondary N) is 3. The Morgan fingerprint density at radius 2 is 1.72 bits per heavy atom. The van der Waals surface area contributed by atoms with Crippen molar-refractivity contribution in [2.75, 3.05) is 19.7 Å². The van der Waals surface area contributed by atoms with Gasteiger partial charge in [-0.3, -0.25) is 19.4 Å². The number of hydrogen-bond donors (Lipinski definition) is 9. The lowest BCUT2D eigenvalue weighted by atomic mass is 10.1. The van der Waals surface area contributed by atoms with E-state index in [9.17, 15) is 24.3 Å². The standard InChI is InChI=1S/C15H29N7O7/c1-7(24)11(22-12(26)8(16)6-23)13(27)20-5-10(25)21-9(14(28)29)3-2-4-19-15(17)18/h7-9,11,23-24H,2-6,16H2,1H3,(H,20,27)(H,21,25)(H,22,26)(H,28,29)(H4,17,18,19). The Morgan fingerprint density at radius 3 is 2.21 bits per heavy atom. The minimum atomic E-state index is -1.43. The van der Waals surface area contributed by atoms with E-state index in [2.05, 4.69) is 20.9 Å². The van der Waals surface area contributed by atoms with Crippen molar-refractivity contribution in [3.63, 3.8) is 0 Å². The molecule has 12 N–H and O–H groups in total. The predicted molar refractivity (Wildman–Crippen MR) is 101 cm³/mol. The molecule has 3 amide bonds. The molecule has 0 heterocycles. The maximum atomic E-state index is 12.1. The van der Waals surface area contributed by atoms with E-state index in [1.54, 1.807) is 0 Å². The van der Waals surface area contributed by atoms with E-state index in [1.807, 2.05) is 0 Å². The number of aliphatic imine (C=N–C) groups is 1. The summed E-state index contributed by atoms with van der Waals surface area (Å²) in [6.45, 7) is 0.153. The Kier molecular flexibility index (Phi) is 11.9. The molecule has 0 aromatic carbocycles. The number of amides is 3. The Morgan fingerprint density at radius 1 is 1.10 bits per heavy atom. The summed E-state index contributed by atoms with van der Waals surface area (Å²) >= 11 is 0. The number of aliphatic hydroxyl groups excluding tert-OH is 2. The SMILES string of the molecule is CC(O)C(NC(=O)C(N)CO)C(=O)NCC(=O)NC(CCCN=C(N)N)C(=O)O. The van der Waals surface area contributed by atoms with Gasteiger partial charge in [-0.05, 0) is 19.8 Å². The van der Waals surface area contributed by atoms with Crippen molar-refractivity contribution in [2.24, 2.45) is 22.2 Å². The van der Waals surface area contributed by atoms with Gasteiger partial charge >= 0.3 is 5.97 Å². The van der Waals surface area contributed by atoms with Crippen molar-refractivity contribution >= 4 is 29.7 Å². The van der Waals surface area contributed by atoms with Crippen LogP contribution in [0.15, 0.2) is 4.99 Å². The van der Waals surface area contributed by atoms with E-state index < -0.39 is 61.1 Å². The fourth-order valence-electron chi connectivity index (χ4n) is 2.03. The third kappa shape index (κ3) is 10.8. The van der Waals surface area contributed by atoms with Gasteiger partial charge in [-0.15, -0.1) is 0 Å². The number of carbonyl (C=O) groups is 4. The molecule has 0 saturated carbocycles. The van der Waals surface area contributed by atoms with Crippen LogP contribution < -0.4 is 33.2 Å². The van der Waals surface area contributed by atoms with Gasteiger partial charge in [0, 0.05) is 6.54 Å². The molecule has 4 unspecified atom stereocenters. The van der Waals surface area contributed by atoms with Crippen molar-refractivity contribution < 1.29 is 34.5 Å². The second-order valence-corrected chi connectivity index (χ2v) is 6.14. The number of nitrogens with zero attached hydrogens (tertiary/aromatic N) is 1. The van der Waals surface area contributed by atoms with E-state index >= 15 is 0 Å². The lowest BCUT2D eigenvalue weighted by molar-refractivity contribution is -0.142. The first kappa shape index (κ1) is 26.0. The van der Waals surface area contributed by atoms with Gasteiger partial charge in [0.15, 0.2) is 5.96 Å². The van der Waals surface area contributed by atoms with E-state index in [-0.39, 0.29) is 18.9 Å². The summed E-state index contributed by atoms with van der Waals surface area (Å²) in [5.74, 6) is -3.97. The molecule has 0 saturated heterocycles. The van der Waals surface area contributed by atoms with Gasteiger partial charge in [0.2, 0.25) is 17.7 Å². The van der Waals surface area contributed by atoms with Crippen LogP contribution in [0.4, 0.5) is 0 Å². The molecule has 0 aromatic heterocycles. The van der Waals surface area contributed by atoms with Crippen LogP contribution in [0.3, 0.4) is 0 Å². The van der Waals surface area contributed by atoms with Crippen molar-refractivity contribution in [2.45, 2.75) is 44.0 Å². The van der Waals surface area contributed by atoms with Crippen LogP contribution in [-0.4, -0.2) is 88.9 Å². The molecule has 29 heavy (non-hydrogen) atoms. The Labute approximate surface area is 166 Å². The Hall–Kier alpha value is -2.97. The summed E-state index contributed by atoms with van der Waals surface area (Å²) < 4.78 is 0. The zero-order valence-corrected chi connectivity index (χ0v) is 16.0. The van der Waals surface area contributed by atoms with Gasteiger partial charge in [0.05, 0.1) is 19.3 Å². The van der Waals surface area contributed by atoms with Crippen LogP contribution in [0.25, 0.3) is 0 Å². The van der Waals surface area contributed by atoms with Gasteiger partial charge in [0.25, 0.3) is 0 Å². The molecule has 0 fully saturated rings. The van der Waals surface area contributed by atoms with Crippen LogP contribution in [-0.2, 0) is 19.2 Å². The van der Waals surface area contributed by atoms with Gasteiger partial charge in [-0.25, -0.2) is 4.79 Å². The van der Waals surface area contributed by atoms with Gasteiger partial charge < -0.3 is 48.5 Å². The Balaban J connectivity index is 4.65. The average Bonchev–Trinajstić information content (AvgIpc) is 2.64. The molecule has 14 nitrogen and oxygen atoms in total. The lowest BCUT2D eigenvalue weighted by Gasteiger charge is -2.22. The van der Waals surface area contributed by atoms with Crippen molar-refractivity contribution in [1.82, 2.24) is 16.0 Å². The second-order valence-electron chi connectivity index (χ2n) is 6.14. The van der Waals surface area contributed by atoms with Crippen molar-refractivity contribution in [3.8, 4) is 0 Å². The molecule has 0 aliphatic heterocycles. The first-order valence-corrected chi connectivity index (χ1v) is 8.69. The highest BCUT2D eigenvalue weighted by atomic mass is 16.4. The monoisotopic (exact) mass is 419 g/mol. The summed E-state index contributed by atoms with van der Waals surface area (Å²) in [6.07, 6.45) is -0.977. The number of aliphatic carboxylic acids is 1. The molecule has 0 radical (unpaired) electrons. The smallest absolute Gasteiger partial charge is 0.326 e. The number of aliphatic hydroxyl groups is 2. The van der Waals surface area contributed by atoms with Gasteiger partial charge in [-0.1, -0.05) is 0 Å². The van der Waals surface area contributed by atoms with Gasteiger partial charge in [0.1, 0.15) is 18.1 Å². The molecule has 0 bridgehead atoms. The summed E-state index contributed by atoms with van der Waals surface area (Å²) in [5.41, 5.74) is 15.6. The summed E-state index contributed by atoms with van der Waals surface area (Å²) in [6, 6.07) is -3.94. The molecule has 0 rings (SSSR count). The number of nitrogens with two attached hydrogens (primary N) is 3. The van der Waals surface area contributed by atoms with E-state index in [0.717, 1.165) is 0 Å². The third-order valence-electron chi connectivity index (χ3n) is 3.60. The van der Waals surface area contributed by atoms with E-state index in [1.165, 1.54) is 6.92 Å². The third-order valence-corrected chi connectivity index (χ3v) is 3.60. The second kappa shape index (κ2) is 13.2. The topological polar surface area (TPSA) is 255 Å². The van der Waals surface area contributed by atoms with Crippen LogP contribution in [0.5, 0.6) is 0 Å². The normalized spacial score (nSPS) is 14.6. The first-order valence-electron chi connectivity index (χ1n) is 8.69. The zero-order valence-electron chi connectivity index (χ0n) is 16.0. The Bertz CT molecular complexity index is 608.